The molecule has 104 valence electrons. The maximum atomic E-state index is 11.6. The topological polar surface area (TPSA) is 97.0 Å². The quantitative estimate of drug-likeness (QED) is 0.434. The van der Waals surface area contributed by atoms with Crippen LogP contribution >= 0.6 is 0 Å². The molecule has 6 heteroatoms. The summed E-state index contributed by atoms with van der Waals surface area (Å²) in [7, 11) is 0. The maximum absolute atomic E-state index is 11.6. The largest absolute Gasteiger partial charge is 0.459 e. The van der Waals surface area contributed by atoms with Crippen LogP contribution in [0.25, 0.3) is 10.9 Å². The van der Waals surface area contributed by atoms with E-state index in [1.54, 1.807) is 12.1 Å². The smallest absolute Gasteiger partial charge is 0.301 e. The van der Waals surface area contributed by atoms with Crippen LogP contribution in [0.5, 0.6) is 0 Å². The number of aromatic nitrogens is 1. The molecule has 2 heterocycles. The minimum Gasteiger partial charge on any atom is -0.459 e. The number of nitrogens with two attached hydrogens (primary N) is 1. The first-order valence-electron chi connectivity index (χ1n) is 6.30. The highest BCUT2D eigenvalue weighted by Gasteiger charge is 2.15. The second-order valence-electron chi connectivity index (χ2n) is 4.54. The lowest BCUT2D eigenvalue weighted by Crippen LogP contribution is -2.30. The second-order valence-corrected chi connectivity index (χ2v) is 4.54. The van der Waals surface area contributed by atoms with Crippen molar-refractivity contribution in [2.24, 2.45) is 5.84 Å². The summed E-state index contributed by atoms with van der Waals surface area (Å²) in [6.07, 6.45) is 3.33. The SMILES string of the molecule is N#Cc1cccc2c1ccn2Cc1ccoc1C(=O)NN. The van der Waals surface area contributed by atoms with Crippen LogP contribution in [0, 0.1) is 11.3 Å². The lowest BCUT2D eigenvalue weighted by Gasteiger charge is -2.05. The van der Waals surface area contributed by atoms with E-state index >= 15 is 0 Å². The molecule has 1 aromatic carbocycles. The van der Waals surface area contributed by atoms with Crippen molar-refractivity contribution < 1.29 is 9.21 Å². The van der Waals surface area contributed by atoms with E-state index in [0.717, 1.165) is 16.5 Å². The number of nitrogens with one attached hydrogen (secondary N) is 1. The van der Waals surface area contributed by atoms with Crippen molar-refractivity contribution in [3.63, 3.8) is 0 Å². The number of nitriles is 1. The Morgan fingerprint density at radius 2 is 2.24 bits per heavy atom. The van der Waals surface area contributed by atoms with Crippen molar-refractivity contribution >= 4 is 16.8 Å². The van der Waals surface area contributed by atoms with Gasteiger partial charge >= 0.3 is 5.91 Å². The summed E-state index contributed by atoms with van der Waals surface area (Å²) in [6.45, 7) is 0.456. The van der Waals surface area contributed by atoms with E-state index < -0.39 is 5.91 Å². The molecule has 0 radical (unpaired) electrons. The Balaban J connectivity index is 2.02. The lowest BCUT2D eigenvalue weighted by molar-refractivity contribution is 0.0924. The molecule has 0 saturated heterocycles. The third-order valence-electron chi connectivity index (χ3n) is 3.36. The van der Waals surface area contributed by atoms with Gasteiger partial charge < -0.3 is 8.98 Å². The molecule has 0 bridgehead atoms. The first-order valence-corrected chi connectivity index (χ1v) is 6.30. The Morgan fingerprint density at radius 1 is 1.38 bits per heavy atom. The number of amides is 1. The normalized spacial score (nSPS) is 10.5. The van der Waals surface area contributed by atoms with Crippen molar-refractivity contribution in [2.45, 2.75) is 6.54 Å². The third-order valence-corrected chi connectivity index (χ3v) is 3.36. The van der Waals surface area contributed by atoms with Gasteiger partial charge in [-0.3, -0.25) is 10.2 Å². The van der Waals surface area contributed by atoms with E-state index in [1.165, 1.54) is 6.26 Å². The Bertz CT molecular complexity index is 854. The van der Waals surface area contributed by atoms with Crippen molar-refractivity contribution in [1.82, 2.24) is 9.99 Å². The van der Waals surface area contributed by atoms with Crippen LogP contribution in [0.2, 0.25) is 0 Å². The van der Waals surface area contributed by atoms with Crippen LogP contribution in [0.1, 0.15) is 21.7 Å². The van der Waals surface area contributed by atoms with Crippen molar-refractivity contribution in [2.75, 3.05) is 0 Å². The average molecular weight is 280 g/mol. The zero-order valence-electron chi connectivity index (χ0n) is 11.0. The average Bonchev–Trinajstić information content (AvgIpc) is 3.14. The van der Waals surface area contributed by atoms with Crippen molar-refractivity contribution in [3.05, 3.63) is 59.7 Å². The lowest BCUT2D eigenvalue weighted by atomic mass is 10.1. The molecule has 3 aromatic rings. The van der Waals surface area contributed by atoms with Crippen molar-refractivity contribution in [3.8, 4) is 6.07 Å². The molecule has 3 rings (SSSR count). The molecule has 0 saturated carbocycles. The zero-order valence-corrected chi connectivity index (χ0v) is 11.0. The molecule has 3 N–H and O–H groups in total. The number of hydrogen-bond donors (Lipinski definition) is 2. The van der Waals surface area contributed by atoms with Gasteiger partial charge in [0.1, 0.15) is 0 Å². The summed E-state index contributed by atoms with van der Waals surface area (Å²) < 4.78 is 7.12. The van der Waals surface area contributed by atoms with Crippen LogP contribution in [-0.2, 0) is 6.54 Å². The van der Waals surface area contributed by atoms with Crippen LogP contribution in [-0.4, -0.2) is 10.5 Å². The highest BCUT2D eigenvalue weighted by molar-refractivity contribution is 5.92. The molecule has 0 spiro atoms. The van der Waals surface area contributed by atoms with Gasteiger partial charge in [-0.15, -0.1) is 0 Å². The first kappa shape index (κ1) is 13.0. The minimum absolute atomic E-state index is 0.191. The fourth-order valence-corrected chi connectivity index (χ4v) is 2.37. The molecule has 0 atom stereocenters. The third kappa shape index (κ3) is 2.16. The van der Waals surface area contributed by atoms with E-state index in [-0.39, 0.29) is 5.76 Å². The minimum atomic E-state index is -0.468. The first-order chi connectivity index (χ1) is 10.2. The summed E-state index contributed by atoms with van der Waals surface area (Å²) in [5.41, 5.74) is 4.33. The Labute approximate surface area is 120 Å². The van der Waals surface area contributed by atoms with Gasteiger partial charge in [-0.05, 0) is 24.3 Å². The highest BCUT2D eigenvalue weighted by Crippen LogP contribution is 2.22. The number of rotatable bonds is 3. The second kappa shape index (κ2) is 5.15. The molecule has 2 aromatic heterocycles. The van der Waals surface area contributed by atoms with Gasteiger partial charge in [0.05, 0.1) is 24.4 Å². The molecule has 0 fully saturated rings. The van der Waals surface area contributed by atoms with E-state index in [4.69, 9.17) is 15.5 Å². The molecule has 0 unspecified atom stereocenters. The molecule has 0 aliphatic carbocycles. The Morgan fingerprint density at radius 3 is 3.00 bits per heavy atom. The zero-order chi connectivity index (χ0) is 14.8. The van der Waals surface area contributed by atoms with E-state index in [2.05, 4.69) is 11.5 Å². The number of carbonyl (C=O) groups is 1. The molecule has 1 amide bonds. The summed E-state index contributed by atoms with van der Waals surface area (Å²) in [5.74, 6) is 4.85. The predicted molar refractivity (Wildman–Crippen MR) is 76.1 cm³/mol. The molecule has 21 heavy (non-hydrogen) atoms. The van der Waals surface area contributed by atoms with Gasteiger partial charge in [0, 0.05) is 22.7 Å². The van der Waals surface area contributed by atoms with E-state index in [9.17, 15) is 4.79 Å². The Kier molecular flexibility index (Phi) is 3.18. The molecule has 6 nitrogen and oxygen atoms in total. The van der Waals surface area contributed by atoms with Gasteiger partial charge in [0.25, 0.3) is 0 Å². The number of benzene rings is 1. The van der Waals surface area contributed by atoms with Crippen LogP contribution in [0.15, 0.2) is 47.2 Å². The predicted octanol–water partition coefficient (Wildman–Crippen LogP) is 1.76. The Hall–Kier alpha value is -3.04. The highest BCUT2D eigenvalue weighted by atomic mass is 16.3. The van der Waals surface area contributed by atoms with E-state index in [0.29, 0.717) is 12.1 Å². The number of hydrogen-bond acceptors (Lipinski definition) is 4. The van der Waals surface area contributed by atoms with Crippen LogP contribution < -0.4 is 11.3 Å². The summed E-state index contributed by atoms with van der Waals surface area (Å²) in [5, 5.41) is 9.99. The van der Waals surface area contributed by atoms with Crippen LogP contribution in [0.3, 0.4) is 0 Å². The number of furan rings is 1. The standard InChI is InChI=1S/C15H12N4O2/c16-8-10-2-1-3-13-12(10)4-6-19(13)9-11-5-7-21-14(11)15(20)18-17/h1-7H,9,17H2,(H,18,20). The molecule has 0 aliphatic heterocycles. The summed E-state index contributed by atoms with van der Waals surface area (Å²) in [6, 6.07) is 11.3. The number of carbonyl (C=O) groups excluding carboxylic acids is 1. The number of nitrogen functional groups attached to an aromatic ring is 1. The van der Waals surface area contributed by atoms with Gasteiger partial charge in [-0.2, -0.15) is 5.26 Å². The molecular weight excluding hydrogens is 268 g/mol. The molecular formula is C15H12N4O2. The van der Waals surface area contributed by atoms with Gasteiger partial charge in [-0.1, -0.05) is 6.07 Å². The van der Waals surface area contributed by atoms with Gasteiger partial charge in [0.2, 0.25) is 0 Å². The van der Waals surface area contributed by atoms with E-state index in [1.807, 2.05) is 29.0 Å². The number of hydrazine groups is 1. The summed E-state index contributed by atoms with van der Waals surface area (Å²) >= 11 is 0. The molecule has 0 aliphatic rings. The monoisotopic (exact) mass is 280 g/mol. The number of nitrogens with zero attached hydrogens (tertiary/aromatic N) is 2. The summed E-state index contributed by atoms with van der Waals surface area (Å²) in [4.78, 5) is 11.6. The van der Waals surface area contributed by atoms with Crippen molar-refractivity contribution in [1.29, 1.82) is 5.26 Å². The number of fused-ring (bicyclic) bond motifs is 1. The van der Waals surface area contributed by atoms with Gasteiger partial charge in [-0.25, -0.2) is 5.84 Å². The fraction of sp³-hybridized carbons (Fsp3) is 0.0667. The van der Waals surface area contributed by atoms with Crippen LogP contribution in [0.4, 0.5) is 0 Å². The maximum Gasteiger partial charge on any atom is 0.301 e. The van der Waals surface area contributed by atoms with Gasteiger partial charge in [0.15, 0.2) is 5.76 Å². The fourth-order valence-electron chi connectivity index (χ4n) is 2.37.